The van der Waals surface area contributed by atoms with E-state index in [1.54, 1.807) is 0 Å². The quantitative estimate of drug-likeness (QED) is 0.783. The second kappa shape index (κ2) is 5.46. The predicted molar refractivity (Wildman–Crippen MR) is 57.0 cm³/mol. The van der Waals surface area contributed by atoms with Gasteiger partial charge in [-0.05, 0) is 30.7 Å². The number of rotatable bonds is 4. The number of methoxy groups -OCH3 is 2. The minimum absolute atomic E-state index is 0.0773. The van der Waals surface area contributed by atoms with Crippen LogP contribution in [0.4, 0.5) is 4.39 Å². The van der Waals surface area contributed by atoms with E-state index in [-0.39, 0.29) is 11.3 Å². The molecular formula is C11H14FNO3. The predicted octanol–water partition coefficient (Wildman–Crippen LogP) is 1.12. The first kappa shape index (κ1) is 12.4. The topological polar surface area (TPSA) is 61.5 Å². The summed E-state index contributed by atoms with van der Waals surface area (Å²) in [4.78, 5) is 11.4. The van der Waals surface area contributed by atoms with Crippen LogP contribution in [0.2, 0.25) is 0 Å². The number of carbonyl (C=O) groups is 1. The van der Waals surface area contributed by atoms with E-state index in [2.05, 4.69) is 4.74 Å². The van der Waals surface area contributed by atoms with Gasteiger partial charge in [0.1, 0.15) is 5.56 Å². The zero-order chi connectivity index (χ0) is 12.1. The second-order valence-corrected chi connectivity index (χ2v) is 3.19. The first-order valence-electron chi connectivity index (χ1n) is 4.78. The van der Waals surface area contributed by atoms with Crippen molar-refractivity contribution in [1.29, 1.82) is 0 Å². The summed E-state index contributed by atoms with van der Waals surface area (Å²) in [6, 6.07) is 2.83. The van der Waals surface area contributed by atoms with Gasteiger partial charge in [0.2, 0.25) is 0 Å². The highest BCUT2D eigenvalue weighted by atomic mass is 19.1. The number of nitrogens with two attached hydrogens (primary N) is 1. The summed E-state index contributed by atoms with van der Waals surface area (Å²) in [5.41, 5.74) is 6.09. The maximum Gasteiger partial charge on any atom is 0.341 e. The highest BCUT2D eigenvalue weighted by molar-refractivity contribution is 5.92. The summed E-state index contributed by atoms with van der Waals surface area (Å²) in [6.07, 6.45) is 0.491. The van der Waals surface area contributed by atoms with E-state index in [1.807, 2.05) is 0 Å². The van der Waals surface area contributed by atoms with Crippen molar-refractivity contribution in [1.82, 2.24) is 0 Å². The molecule has 88 valence electrons. The minimum atomic E-state index is -0.630. The fourth-order valence-electron chi connectivity index (χ4n) is 1.43. The molecule has 5 heteroatoms. The van der Waals surface area contributed by atoms with Gasteiger partial charge in [-0.25, -0.2) is 9.18 Å². The molecule has 1 aromatic rings. The lowest BCUT2D eigenvalue weighted by atomic mass is 10.1. The van der Waals surface area contributed by atoms with E-state index in [0.29, 0.717) is 18.5 Å². The molecule has 0 saturated carbocycles. The van der Waals surface area contributed by atoms with E-state index < -0.39 is 11.8 Å². The molecule has 0 aliphatic rings. The van der Waals surface area contributed by atoms with Crippen molar-refractivity contribution in [2.45, 2.75) is 6.42 Å². The molecule has 0 amide bonds. The Hall–Kier alpha value is -1.62. The molecule has 0 atom stereocenters. The van der Waals surface area contributed by atoms with Gasteiger partial charge < -0.3 is 15.2 Å². The Labute approximate surface area is 93.2 Å². The highest BCUT2D eigenvalue weighted by Crippen LogP contribution is 2.25. The van der Waals surface area contributed by atoms with Crippen molar-refractivity contribution in [3.05, 3.63) is 29.1 Å². The first-order valence-corrected chi connectivity index (χ1v) is 4.78. The van der Waals surface area contributed by atoms with Gasteiger partial charge in [-0.1, -0.05) is 0 Å². The van der Waals surface area contributed by atoms with E-state index in [4.69, 9.17) is 10.5 Å². The molecule has 2 N–H and O–H groups in total. The Bertz CT molecular complexity index is 393. The number of halogens is 1. The van der Waals surface area contributed by atoms with Gasteiger partial charge in [0.25, 0.3) is 0 Å². The maximum absolute atomic E-state index is 13.6. The molecule has 0 saturated heterocycles. The molecule has 0 aliphatic carbocycles. The molecule has 0 radical (unpaired) electrons. The molecule has 4 nitrogen and oxygen atoms in total. The Balaban J connectivity index is 3.24. The normalized spacial score (nSPS) is 10.0. The van der Waals surface area contributed by atoms with Crippen molar-refractivity contribution in [2.24, 2.45) is 5.73 Å². The summed E-state index contributed by atoms with van der Waals surface area (Å²) in [6.45, 7) is 0.381. The first-order chi connectivity index (χ1) is 7.63. The average Bonchev–Trinajstić information content (AvgIpc) is 2.27. The smallest absolute Gasteiger partial charge is 0.341 e. The van der Waals surface area contributed by atoms with Crippen molar-refractivity contribution in [3.63, 3.8) is 0 Å². The van der Waals surface area contributed by atoms with Crippen LogP contribution < -0.4 is 10.5 Å². The number of hydrogen-bond acceptors (Lipinski definition) is 4. The molecule has 1 aromatic carbocycles. The van der Waals surface area contributed by atoms with Crippen LogP contribution in [-0.4, -0.2) is 26.7 Å². The second-order valence-electron chi connectivity index (χ2n) is 3.19. The van der Waals surface area contributed by atoms with Crippen LogP contribution in [0, 0.1) is 5.82 Å². The zero-order valence-electron chi connectivity index (χ0n) is 9.25. The van der Waals surface area contributed by atoms with Gasteiger partial charge in [-0.2, -0.15) is 0 Å². The van der Waals surface area contributed by atoms with Crippen molar-refractivity contribution < 1.29 is 18.7 Å². The molecular weight excluding hydrogens is 213 g/mol. The molecule has 0 heterocycles. The van der Waals surface area contributed by atoms with Gasteiger partial charge in [0, 0.05) is 0 Å². The molecule has 16 heavy (non-hydrogen) atoms. The summed E-state index contributed by atoms with van der Waals surface area (Å²) >= 11 is 0. The van der Waals surface area contributed by atoms with Gasteiger partial charge >= 0.3 is 5.97 Å². The fraction of sp³-hybridized carbons (Fsp3) is 0.364. The van der Waals surface area contributed by atoms with Crippen LogP contribution in [-0.2, 0) is 11.2 Å². The molecule has 0 bridgehead atoms. The molecule has 0 aromatic heterocycles. The summed E-state index contributed by atoms with van der Waals surface area (Å²) in [5.74, 6) is -1.32. The molecule has 0 unspecified atom stereocenters. The third-order valence-corrected chi connectivity index (χ3v) is 2.15. The number of esters is 1. The van der Waals surface area contributed by atoms with E-state index in [0.717, 1.165) is 0 Å². The summed E-state index contributed by atoms with van der Waals surface area (Å²) in [5, 5.41) is 0. The van der Waals surface area contributed by atoms with E-state index in [9.17, 15) is 9.18 Å². The molecule has 1 rings (SSSR count). The van der Waals surface area contributed by atoms with E-state index in [1.165, 1.54) is 26.4 Å². The minimum Gasteiger partial charge on any atom is -0.493 e. The van der Waals surface area contributed by atoms with Crippen molar-refractivity contribution >= 4 is 5.97 Å². The summed E-state index contributed by atoms with van der Waals surface area (Å²) in [7, 11) is 2.53. The lowest BCUT2D eigenvalue weighted by molar-refractivity contribution is 0.0596. The largest absolute Gasteiger partial charge is 0.493 e. The number of hydrogen-bond donors (Lipinski definition) is 1. The standard InChI is InChI=1S/C11H14FNO3/c1-15-10-8(11(14)16-2)5-7(3-4-13)6-9(10)12/h5-6H,3-4,13H2,1-2H3. The Morgan fingerprint density at radius 2 is 2.12 bits per heavy atom. The number of ether oxygens (including phenoxy) is 2. The third kappa shape index (κ3) is 2.49. The summed E-state index contributed by atoms with van der Waals surface area (Å²) < 4.78 is 22.9. The van der Waals surface area contributed by atoms with E-state index >= 15 is 0 Å². The number of benzene rings is 1. The van der Waals surface area contributed by atoms with Gasteiger partial charge in [-0.3, -0.25) is 0 Å². The monoisotopic (exact) mass is 227 g/mol. The zero-order valence-corrected chi connectivity index (χ0v) is 9.25. The van der Waals surface area contributed by atoms with Crippen molar-refractivity contribution in [2.75, 3.05) is 20.8 Å². The fourth-order valence-corrected chi connectivity index (χ4v) is 1.43. The molecule has 0 fully saturated rings. The Morgan fingerprint density at radius 1 is 1.44 bits per heavy atom. The van der Waals surface area contributed by atoms with Crippen LogP contribution >= 0.6 is 0 Å². The van der Waals surface area contributed by atoms with Crippen LogP contribution in [0.25, 0.3) is 0 Å². The van der Waals surface area contributed by atoms with Crippen LogP contribution in [0.1, 0.15) is 15.9 Å². The highest BCUT2D eigenvalue weighted by Gasteiger charge is 2.18. The Kier molecular flexibility index (Phi) is 4.25. The lowest BCUT2D eigenvalue weighted by Crippen LogP contribution is -2.09. The lowest BCUT2D eigenvalue weighted by Gasteiger charge is -2.10. The molecule has 0 aliphatic heterocycles. The third-order valence-electron chi connectivity index (χ3n) is 2.15. The Morgan fingerprint density at radius 3 is 2.62 bits per heavy atom. The van der Waals surface area contributed by atoms with Crippen molar-refractivity contribution in [3.8, 4) is 5.75 Å². The van der Waals surface area contributed by atoms with Crippen LogP contribution in [0.5, 0.6) is 5.75 Å². The molecule has 0 spiro atoms. The van der Waals surface area contributed by atoms with Gasteiger partial charge in [0.15, 0.2) is 11.6 Å². The average molecular weight is 227 g/mol. The number of carbonyl (C=O) groups excluding carboxylic acids is 1. The van der Waals surface area contributed by atoms with Gasteiger partial charge in [0.05, 0.1) is 14.2 Å². The van der Waals surface area contributed by atoms with Crippen LogP contribution in [0.3, 0.4) is 0 Å². The van der Waals surface area contributed by atoms with Crippen LogP contribution in [0.15, 0.2) is 12.1 Å². The maximum atomic E-state index is 13.6. The SMILES string of the molecule is COC(=O)c1cc(CCN)cc(F)c1OC. The van der Waals surface area contributed by atoms with Gasteiger partial charge in [-0.15, -0.1) is 0 Å².